The highest BCUT2D eigenvalue weighted by atomic mass is 32.2. The summed E-state index contributed by atoms with van der Waals surface area (Å²) in [6.07, 6.45) is 2.97. The number of nitrogens with two attached hydrogens (primary N) is 1. The van der Waals surface area contributed by atoms with Crippen LogP contribution in [0, 0.1) is 5.92 Å². The summed E-state index contributed by atoms with van der Waals surface area (Å²) >= 11 is 1.72. The maximum atomic E-state index is 5.50. The number of anilines is 1. The Balaban J connectivity index is 2.38. The van der Waals surface area contributed by atoms with E-state index in [0.29, 0.717) is 17.6 Å². The minimum atomic E-state index is 0.544. The van der Waals surface area contributed by atoms with Crippen LogP contribution in [0.3, 0.4) is 0 Å². The first-order chi connectivity index (χ1) is 9.62. The Hall–Kier alpha value is -1.59. The van der Waals surface area contributed by atoms with Crippen molar-refractivity contribution in [3.8, 4) is 11.4 Å². The summed E-state index contributed by atoms with van der Waals surface area (Å²) in [4.78, 5) is 10.3. The van der Waals surface area contributed by atoms with E-state index in [1.807, 2.05) is 18.2 Å². The van der Waals surface area contributed by atoms with Gasteiger partial charge >= 0.3 is 0 Å². The van der Waals surface area contributed by atoms with E-state index >= 15 is 0 Å². The molecule has 1 heterocycles. The molecule has 0 radical (unpaired) electrons. The predicted molar refractivity (Wildman–Crippen MR) is 85.6 cm³/mol. The normalized spacial score (nSPS) is 10.8. The molecular weight excluding hydrogens is 268 g/mol. The van der Waals surface area contributed by atoms with Crippen molar-refractivity contribution in [3.05, 3.63) is 36.0 Å². The van der Waals surface area contributed by atoms with Crippen molar-refractivity contribution in [1.82, 2.24) is 9.97 Å². The Labute approximate surface area is 124 Å². The molecule has 0 unspecified atom stereocenters. The van der Waals surface area contributed by atoms with E-state index in [-0.39, 0.29) is 0 Å². The fraction of sp³-hybridized carbons (Fsp3) is 0.333. The summed E-state index contributed by atoms with van der Waals surface area (Å²) in [7, 11) is 0. The fourth-order valence-electron chi connectivity index (χ4n) is 1.96. The maximum absolute atomic E-state index is 5.50. The second kappa shape index (κ2) is 6.72. The molecule has 4 nitrogen and oxygen atoms in total. The summed E-state index contributed by atoms with van der Waals surface area (Å²) in [6, 6.07) is 10.1. The zero-order chi connectivity index (χ0) is 14.5. The van der Waals surface area contributed by atoms with Crippen molar-refractivity contribution in [2.24, 2.45) is 11.8 Å². The summed E-state index contributed by atoms with van der Waals surface area (Å²) < 4.78 is 0. The van der Waals surface area contributed by atoms with Crippen molar-refractivity contribution in [3.63, 3.8) is 0 Å². The van der Waals surface area contributed by atoms with Crippen LogP contribution in [-0.4, -0.2) is 16.2 Å². The zero-order valence-electron chi connectivity index (χ0n) is 12.1. The van der Waals surface area contributed by atoms with Crippen molar-refractivity contribution < 1.29 is 0 Å². The van der Waals surface area contributed by atoms with Gasteiger partial charge in [0.25, 0.3) is 0 Å². The molecule has 0 spiro atoms. The largest absolute Gasteiger partial charge is 0.308 e. The molecule has 1 aromatic heterocycles. The van der Waals surface area contributed by atoms with E-state index < -0.39 is 0 Å². The quantitative estimate of drug-likeness (QED) is 0.502. The minimum Gasteiger partial charge on any atom is -0.308 e. The van der Waals surface area contributed by atoms with Gasteiger partial charge in [-0.2, -0.15) is 0 Å². The smallest absolute Gasteiger partial charge is 0.161 e. The number of nitrogens with zero attached hydrogens (tertiary/aromatic N) is 2. The van der Waals surface area contributed by atoms with Crippen molar-refractivity contribution in [2.45, 2.75) is 25.2 Å². The number of hydrogen-bond donors (Lipinski definition) is 2. The molecule has 20 heavy (non-hydrogen) atoms. The van der Waals surface area contributed by atoms with Gasteiger partial charge in [0.05, 0.1) is 0 Å². The molecule has 0 saturated carbocycles. The molecule has 0 atom stereocenters. The predicted octanol–water partition coefficient (Wildman–Crippen LogP) is 3.35. The fourth-order valence-corrected chi connectivity index (χ4v) is 2.37. The lowest BCUT2D eigenvalue weighted by Crippen LogP contribution is -2.11. The molecule has 3 N–H and O–H groups in total. The molecule has 2 aromatic rings. The summed E-state index contributed by atoms with van der Waals surface area (Å²) in [6.45, 7) is 4.34. The second-order valence-electron chi connectivity index (χ2n) is 5.04. The van der Waals surface area contributed by atoms with E-state index in [4.69, 9.17) is 5.84 Å². The Bertz CT molecular complexity index is 567. The highest BCUT2D eigenvalue weighted by Crippen LogP contribution is 2.22. The van der Waals surface area contributed by atoms with Crippen LogP contribution >= 0.6 is 11.8 Å². The number of rotatable bonds is 5. The van der Waals surface area contributed by atoms with Gasteiger partial charge in [0.2, 0.25) is 0 Å². The van der Waals surface area contributed by atoms with Crippen LogP contribution in [0.15, 0.2) is 35.2 Å². The van der Waals surface area contributed by atoms with Crippen molar-refractivity contribution >= 4 is 17.6 Å². The van der Waals surface area contributed by atoms with Gasteiger partial charge in [-0.15, -0.1) is 11.8 Å². The number of hydrazine groups is 1. The summed E-state index contributed by atoms with van der Waals surface area (Å²) in [5.74, 6) is 7.41. The first-order valence-electron chi connectivity index (χ1n) is 6.61. The van der Waals surface area contributed by atoms with Crippen LogP contribution in [0.5, 0.6) is 0 Å². The maximum Gasteiger partial charge on any atom is 0.161 e. The molecule has 0 bridgehead atoms. The third-order valence-electron chi connectivity index (χ3n) is 2.89. The van der Waals surface area contributed by atoms with Gasteiger partial charge < -0.3 is 5.43 Å². The van der Waals surface area contributed by atoms with Crippen molar-refractivity contribution in [2.75, 3.05) is 11.7 Å². The highest BCUT2D eigenvalue weighted by molar-refractivity contribution is 7.98. The monoisotopic (exact) mass is 288 g/mol. The van der Waals surface area contributed by atoms with E-state index in [9.17, 15) is 0 Å². The summed E-state index contributed by atoms with van der Waals surface area (Å²) in [5, 5.41) is 0. The second-order valence-corrected chi connectivity index (χ2v) is 5.92. The topological polar surface area (TPSA) is 63.8 Å². The van der Waals surface area contributed by atoms with E-state index in [1.54, 1.807) is 11.8 Å². The van der Waals surface area contributed by atoms with Gasteiger partial charge in [-0.25, -0.2) is 15.8 Å². The number of benzene rings is 1. The molecule has 0 aliphatic heterocycles. The number of thioether (sulfide) groups is 1. The molecular formula is C15H20N4S. The van der Waals surface area contributed by atoms with Gasteiger partial charge in [-0.05, 0) is 30.7 Å². The van der Waals surface area contributed by atoms with Gasteiger partial charge in [0, 0.05) is 22.2 Å². The van der Waals surface area contributed by atoms with Crippen LogP contribution in [0.1, 0.15) is 19.5 Å². The van der Waals surface area contributed by atoms with Crippen LogP contribution < -0.4 is 11.3 Å². The molecule has 0 fully saturated rings. The number of hydrogen-bond acceptors (Lipinski definition) is 5. The average molecular weight is 288 g/mol. The van der Waals surface area contributed by atoms with E-state index in [2.05, 4.69) is 47.6 Å². The number of aromatic nitrogens is 2. The lowest BCUT2D eigenvalue weighted by Gasteiger charge is -2.09. The highest BCUT2D eigenvalue weighted by Gasteiger charge is 2.08. The Morgan fingerprint density at radius 3 is 2.45 bits per heavy atom. The molecule has 1 aromatic carbocycles. The third kappa shape index (κ3) is 3.71. The van der Waals surface area contributed by atoms with E-state index in [0.717, 1.165) is 17.7 Å². The first-order valence-corrected chi connectivity index (χ1v) is 7.84. The van der Waals surface area contributed by atoms with Crippen LogP contribution in [-0.2, 0) is 6.42 Å². The molecule has 5 heteroatoms. The van der Waals surface area contributed by atoms with Gasteiger partial charge in [-0.3, -0.25) is 0 Å². The van der Waals surface area contributed by atoms with Crippen LogP contribution in [0.25, 0.3) is 11.4 Å². The Morgan fingerprint density at radius 2 is 1.90 bits per heavy atom. The lowest BCUT2D eigenvalue weighted by molar-refractivity contribution is 0.635. The Morgan fingerprint density at radius 1 is 1.20 bits per heavy atom. The van der Waals surface area contributed by atoms with E-state index in [1.165, 1.54) is 4.90 Å². The lowest BCUT2D eigenvalue weighted by atomic mass is 10.1. The van der Waals surface area contributed by atoms with Gasteiger partial charge in [0.1, 0.15) is 5.82 Å². The molecule has 0 aliphatic rings. The SMILES string of the molecule is CSc1ccc(-c2nc(CC(C)C)cc(NN)n2)cc1. The molecule has 0 aliphatic carbocycles. The first kappa shape index (κ1) is 14.8. The standard InChI is InChI=1S/C15H20N4S/c1-10(2)8-12-9-14(19-16)18-15(17-12)11-4-6-13(20-3)7-5-11/h4-7,9-10H,8,16H2,1-3H3,(H,17,18,19). The van der Waals surface area contributed by atoms with Crippen LogP contribution in [0.4, 0.5) is 5.82 Å². The Kier molecular flexibility index (Phi) is 4.98. The molecule has 0 amide bonds. The zero-order valence-corrected chi connectivity index (χ0v) is 12.9. The molecule has 0 saturated heterocycles. The number of nitrogen functional groups attached to an aromatic ring is 1. The average Bonchev–Trinajstić information content (AvgIpc) is 2.46. The molecule has 106 valence electrons. The minimum absolute atomic E-state index is 0.544. The van der Waals surface area contributed by atoms with Crippen LogP contribution in [0.2, 0.25) is 0 Å². The van der Waals surface area contributed by atoms with Crippen molar-refractivity contribution in [1.29, 1.82) is 0 Å². The molecule has 2 rings (SSSR count). The third-order valence-corrected chi connectivity index (χ3v) is 3.64. The number of nitrogens with one attached hydrogen (secondary N) is 1. The van der Waals surface area contributed by atoms with Gasteiger partial charge in [0.15, 0.2) is 5.82 Å². The summed E-state index contributed by atoms with van der Waals surface area (Å²) in [5.41, 5.74) is 4.63. The van der Waals surface area contributed by atoms with Gasteiger partial charge in [-0.1, -0.05) is 26.0 Å².